The maximum Gasteiger partial charge on any atom is 0.225 e. The van der Waals surface area contributed by atoms with Crippen molar-refractivity contribution in [2.45, 2.75) is 0 Å². The van der Waals surface area contributed by atoms with Crippen molar-refractivity contribution in [1.29, 1.82) is 0 Å². The second kappa shape index (κ2) is 10.3. The molecule has 6 nitrogen and oxygen atoms in total. The van der Waals surface area contributed by atoms with Gasteiger partial charge in [-0.25, -0.2) is 0 Å². The molecular formula is C26H25N2O4P. The van der Waals surface area contributed by atoms with Crippen LogP contribution in [0.3, 0.4) is 0 Å². The summed E-state index contributed by atoms with van der Waals surface area (Å²) < 4.78 is 22.3. The van der Waals surface area contributed by atoms with E-state index in [9.17, 15) is 0 Å². The fraction of sp³-hybridized carbons (Fsp3) is 0.154. The van der Waals surface area contributed by atoms with Gasteiger partial charge in [-0.1, -0.05) is 60.7 Å². The smallest absolute Gasteiger partial charge is 0.225 e. The fourth-order valence-electron chi connectivity index (χ4n) is 3.63. The molecule has 2 aromatic heterocycles. The van der Waals surface area contributed by atoms with Crippen LogP contribution < -0.4 is 34.9 Å². The number of hydrogen-bond acceptors (Lipinski definition) is 6. The van der Waals surface area contributed by atoms with Gasteiger partial charge in [-0.3, -0.25) is 0 Å². The standard InChI is InChI=1S/C26H25N2O4P/c1-29-22-16-15-20(25(27-22)31-3)24-21(17-23(30-2)28-26(24)32-4)33(18-11-7-5-8-12-18)19-13-9-6-10-14-19/h5-17H,1-4H3. The minimum Gasteiger partial charge on any atom is -0.481 e. The zero-order valence-corrected chi connectivity index (χ0v) is 19.9. The van der Waals surface area contributed by atoms with Gasteiger partial charge in [-0.05, 0) is 24.6 Å². The quantitative estimate of drug-likeness (QED) is 0.371. The first kappa shape index (κ1) is 22.6. The highest BCUT2D eigenvalue weighted by Crippen LogP contribution is 2.43. The zero-order chi connectivity index (χ0) is 23.2. The zero-order valence-electron chi connectivity index (χ0n) is 19.0. The number of methoxy groups -OCH3 is 4. The van der Waals surface area contributed by atoms with Crippen LogP contribution in [0, 0.1) is 0 Å². The van der Waals surface area contributed by atoms with Gasteiger partial charge in [-0.2, -0.15) is 9.97 Å². The lowest BCUT2D eigenvalue weighted by Crippen LogP contribution is -2.23. The molecular weight excluding hydrogens is 435 g/mol. The molecule has 2 aromatic carbocycles. The minimum atomic E-state index is -0.978. The Labute approximate surface area is 194 Å². The molecule has 4 rings (SSSR count). The van der Waals surface area contributed by atoms with Crippen molar-refractivity contribution in [2.24, 2.45) is 0 Å². The Bertz CT molecular complexity index is 1180. The molecule has 168 valence electrons. The fourth-order valence-corrected chi connectivity index (χ4v) is 6.11. The van der Waals surface area contributed by atoms with Crippen LogP contribution in [0.4, 0.5) is 0 Å². The third kappa shape index (κ3) is 4.62. The molecule has 0 unspecified atom stereocenters. The van der Waals surface area contributed by atoms with E-state index in [2.05, 4.69) is 58.5 Å². The topological polar surface area (TPSA) is 62.7 Å². The molecule has 4 aromatic rings. The number of aromatic nitrogens is 2. The van der Waals surface area contributed by atoms with Gasteiger partial charge in [-0.15, -0.1) is 0 Å². The van der Waals surface area contributed by atoms with Crippen molar-refractivity contribution in [3.8, 4) is 34.6 Å². The van der Waals surface area contributed by atoms with E-state index in [1.54, 1.807) is 34.5 Å². The maximum absolute atomic E-state index is 5.77. The van der Waals surface area contributed by atoms with Crippen LogP contribution in [-0.2, 0) is 0 Å². The van der Waals surface area contributed by atoms with E-state index in [0.29, 0.717) is 23.5 Å². The van der Waals surface area contributed by atoms with Gasteiger partial charge in [0.15, 0.2) is 0 Å². The monoisotopic (exact) mass is 460 g/mol. The minimum absolute atomic E-state index is 0.428. The summed E-state index contributed by atoms with van der Waals surface area (Å²) in [6, 6.07) is 26.5. The highest BCUT2D eigenvalue weighted by atomic mass is 31.1. The lowest BCUT2D eigenvalue weighted by Gasteiger charge is -2.24. The molecule has 0 fully saturated rings. The molecule has 0 aliphatic carbocycles. The SMILES string of the molecule is COc1ccc(-c2c(P(c3ccccc3)c3ccccc3)cc(OC)nc2OC)c(OC)n1. The first-order chi connectivity index (χ1) is 16.2. The molecule has 0 saturated carbocycles. The molecule has 0 spiro atoms. The van der Waals surface area contributed by atoms with Crippen LogP contribution in [0.1, 0.15) is 0 Å². The van der Waals surface area contributed by atoms with Gasteiger partial charge in [0.05, 0.1) is 39.6 Å². The molecule has 0 radical (unpaired) electrons. The molecule has 0 atom stereocenters. The van der Waals surface area contributed by atoms with Crippen LogP contribution in [0.2, 0.25) is 0 Å². The van der Waals surface area contributed by atoms with E-state index in [1.165, 1.54) is 10.6 Å². The molecule has 7 heteroatoms. The van der Waals surface area contributed by atoms with Crippen molar-refractivity contribution in [3.05, 3.63) is 78.9 Å². The summed E-state index contributed by atoms with van der Waals surface area (Å²) >= 11 is 0. The lowest BCUT2D eigenvalue weighted by molar-refractivity contribution is 0.361. The predicted molar refractivity (Wildman–Crippen MR) is 132 cm³/mol. The molecule has 33 heavy (non-hydrogen) atoms. The summed E-state index contributed by atoms with van der Waals surface area (Å²) in [4.78, 5) is 9.08. The van der Waals surface area contributed by atoms with E-state index >= 15 is 0 Å². The van der Waals surface area contributed by atoms with Gasteiger partial charge in [0.2, 0.25) is 23.5 Å². The molecule has 0 bridgehead atoms. The van der Waals surface area contributed by atoms with E-state index in [1.807, 2.05) is 24.3 Å². The van der Waals surface area contributed by atoms with Gasteiger partial charge >= 0.3 is 0 Å². The van der Waals surface area contributed by atoms with Crippen molar-refractivity contribution in [1.82, 2.24) is 9.97 Å². The summed E-state index contributed by atoms with van der Waals surface area (Å²) in [5.41, 5.74) is 1.57. The molecule has 0 saturated heterocycles. The summed E-state index contributed by atoms with van der Waals surface area (Å²) in [5.74, 6) is 1.81. The van der Waals surface area contributed by atoms with E-state index in [0.717, 1.165) is 16.4 Å². The number of rotatable bonds is 8. The molecule has 0 N–H and O–H groups in total. The van der Waals surface area contributed by atoms with Crippen molar-refractivity contribution in [2.75, 3.05) is 28.4 Å². The van der Waals surface area contributed by atoms with Crippen LogP contribution in [-0.4, -0.2) is 38.4 Å². The average molecular weight is 460 g/mol. The van der Waals surface area contributed by atoms with E-state index < -0.39 is 7.92 Å². The highest BCUT2D eigenvalue weighted by molar-refractivity contribution is 7.80. The first-order valence-electron chi connectivity index (χ1n) is 10.3. The molecule has 0 aliphatic rings. The second-order valence-corrected chi connectivity index (χ2v) is 9.17. The number of ether oxygens (including phenoxy) is 4. The van der Waals surface area contributed by atoms with Crippen LogP contribution in [0.25, 0.3) is 11.1 Å². The molecule has 0 amide bonds. The summed E-state index contributed by atoms with van der Waals surface area (Å²) in [7, 11) is 5.40. The van der Waals surface area contributed by atoms with E-state index in [4.69, 9.17) is 18.9 Å². The maximum atomic E-state index is 5.77. The molecule has 2 heterocycles. The number of benzene rings is 2. The Morgan fingerprint density at radius 1 is 0.576 bits per heavy atom. The highest BCUT2D eigenvalue weighted by Gasteiger charge is 2.27. The number of hydrogen-bond donors (Lipinski definition) is 0. The summed E-state index contributed by atoms with van der Waals surface area (Å²) in [5, 5.41) is 3.41. The summed E-state index contributed by atoms with van der Waals surface area (Å²) in [6.45, 7) is 0. The Balaban J connectivity index is 2.07. The Kier molecular flexibility index (Phi) is 7.06. The lowest BCUT2D eigenvalue weighted by atomic mass is 10.1. The number of pyridine rings is 2. The Morgan fingerprint density at radius 3 is 1.64 bits per heavy atom. The van der Waals surface area contributed by atoms with Crippen LogP contribution >= 0.6 is 7.92 Å². The van der Waals surface area contributed by atoms with Crippen LogP contribution in [0.5, 0.6) is 23.5 Å². The number of nitrogens with zero attached hydrogens (tertiary/aromatic N) is 2. The van der Waals surface area contributed by atoms with Crippen molar-refractivity contribution in [3.63, 3.8) is 0 Å². The van der Waals surface area contributed by atoms with Gasteiger partial charge < -0.3 is 18.9 Å². The third-order valence-electron chi connectivity index (χ3n) is 5.12. The molecule has 0 aliphatic heterocycles. The Hall–Kier alpha value is -3.63. The average Bonchev–Trinajstić information content (AvgIpc) is 2.89. The van der Waals surface area contributed by atoms with Crippen LogP contribution in [0.15, 0.2) is 78.9 Å². The van der Waals surface area contributed by atoms with E-state index in [-0.39, 0.29) is 0 Å². The third-order valence-corrected chi connectivity index (χ3v) is 7.58. The largest absolute Gasteiger partial charge is 0.481 e. The van der Waals surface area contributed by atoms with Gasteiger partial charge in [0.1, 0.15) is 0 Å². The van der Waals surface area contributed by atoms with Crippen molar-refractivity contribution >= 4 is 23.8 Å². The van der Waals surface area contributed by atoms with Gasteiger partial charge in [0, 0.05) is 17.4 Å². The second-order valence-electron chi connectivity index (χ2n) is 6.98. The predicted octanol–water partition coefficient (Wildman–Crippen LogP) is 3.94. The summed E-state index contributed by atoms with van der Waals surface area (Å²) in [6.07, 6.45) is 0. The first-order valence-corrected chi connectivity index (χ1v) is 11.7. The van der Waals surface area contributed by atoms with Gasteiger partial charge in [0.25, 0.3) is 0 Å². The normalized spacial score (nSPS) is 10.7. The Morgan fingerprint density at radius 2 is 1.12 bits per heavy atom. The van der Waals surface area contributed by atoms with Crippen molar-refractivity contribution < 1.29 is 18.9 Å².